The van der Waals surface area contributed by atoms with Gasteiger partial charge < -0.3 is 5.32 Å². The topological polar surface area (TPSA) is 79.4 Å². The third-order valence-corrected chi connectivity index (χ3v) is 6.50. The summed E-state index contributed by atoms with van der Waals surface area (Å²) in [5.41, 5.74) is 0.994. The summed E-state index contributed by atoms with van der Waals surface area (Å²) >= 11 is 5.90. The van der Waals surface area contributed by atoms with Crippen LogP contribution in [-0.2, 0) is 14.8 Å². The number of carbonyl (C=O) groups excluding carboxylic acids is 1. The van der Waals surface area contributed by atoms with Crippen LogP contribution in [0, 0.1) is 12.8 Å². The molecule has 2 aromatic rings. The quantitative estimate of drug-likeness (QED) is 0.865. The summed E-state index contributed by atoms with van der Waals surface area (Å²) < 4.78 is 27.1. The fraction of sp³-hybridized carbons (Fsp3) is 0.333. The Kier molecular flexibility index (Phi) is 5.60. The summed E-state index contributed by atoms with van der Waals surface area (Å²) in [5, 5.41) is 3.19. The Labute approximate surface area is 158 Å². The molecule has 0 saturated carbocycles. The van der Waals surface area contributed by atoms with Gasteiger partial charge >= 0.3 is 0 Å². The van der Waals surface area contributed by atoms with Gasteiger partial charge in [-0.15, -0.1) is 0 Å². The molecule has 1 aliphatic rings. The minimum Gasteiger partial charge on any atom is -0.310 e. The maximum atomic E-state index is 12.8. The minimum absolute atomic E-state index is 0.155. The van der Waals surface area contributed by atoms with Crippen molar-refractivity contribution in [2.75, 3.05) is 18.4 Å². The number of benzene rings is 1. The average molecular weight is 394 g/mol. The second-order valence-corrected chi connectivity index (χ2v) is 8.74. The Bertz CT molecular complexity index is 900. The fourth-order valence-electron chi connectivity index (χ4n) is 2.94. The number of anilines is 1. The molecule has 1 aromatic carbocycles. The molecule has 0 radical (unpaired) electrons. The second-order valence-electron chi connectivity index (χ2n) is 6.36. The van der Waals surface area contributed by atoms with E-state index in [2.05, 4.69) is 10.3 Å². The van der Waals surface area contributed by atoms with Crippen LogP contribution in [0.1, 0.15) is 18.4 Å². The Morgan fingerprint density at radius 1 is 1.27 bits per heavy atom. The van der Waals surface area contributed by atoms with Crippen molar-refractivity contribution in [3.05, 3.63) is 53.2 Å². The van der Waals surface area contributed by atoms with Gasteiger partial charge in [0.2, 0.25) is 15.9 Å². The first-order valence-corrected chi connectivity index (χ1v) is 10.2. The van der Waals surface area contributed by atoms with Gasteiger partial charge in [-0.25, -0.2) is 13.4 Å². The van der Waals surface area contributed by atoms with Gasteiger partial charge in [0.15, 0.2) is 0 Å². The van der Waals surface area contributed by atoms with Gasteiger partial charge in [0, 0.05) is 24.3 Å². The highest BCUT2D eigenvalue weighted by Crippen LogP contribution is 2.25. The number of hydrogen-bond acceptors (Lipinski definition) is 4. The largest absolute Gasteiger partial charge is 0.310 e. The van der Waals surface area contributed by atoms with E-state index < -0.39 is 15.9 Å². The Balaban J connectivity index is 1.72. The fourth-order valence-corrected chi connectivity index (χ4v) is 4.62. The number of carbonyl (C=O) groups is 1. The molecule has 3 rings (SSSR count). The van der Waals surface area contributed by atoms with Crippen molar-refractivity contribution in [1.82, 2.24) is 9.29 Å². The second kappa shape index (κ2) is 7.73. The first-order chi connectivity index (χ1) is 12.4. The molecule has 0 spiro atoms. The number of rotatable bonds is 4. The number of sulfonamides is 1. The van der Waals surface area contributed by atoms with E-state index >= 15 is 0 Å². The first-order valence-electron chi connectivity index (χ1n) is 8.35. The molecular weight excluding hydrogens is 374 g/mol. The Hall–Kier alpha value is -1.96. The highest BCUT2D eigenvalue weighted by atomic mass is 35.5. The molecule has 1 fully saturated rings. The van der Waals surface area contributed by atoms with Gasteiger partial charge in [0.05, 0.1) is 10.8 Å². The van der Waals surface area contributed by atoms with E-state index in [-0.39, 0.29) is 17.3 Å². The van der Waals surface area contributed by atoms with E-state index in [0.717, 1.165) is 5.56 Å². The Morgan fingerprint density at radius 3 is 2.69 bits per heavy atom. The normalized spacial score (nSPS) is 18.5. The van der Waals surface area contributed by atoms with E-state index in [0.29, 0.717) is 30.2 Å². The number of nitrogens with zero attached hydrogens (tertiary/aromatic N) is 2. The molecule has 2 heterocycles. The van der Waals surface area contributed by atoms with Gasteiger partial charge in [0.25, 0.3) is 0 Å². The van der Waals surface area contributed by atoms with Gasteiger partial charge in [-0.2, -0.15) is 4.31 Å². The maximum Gasteiger partial charge on any atom is 0.243 e. The lowest BCUT2D eigenvalue weighted by molar-refractivity contribution is -0.120. The minimum atomic E-state index is -3.61. The number of aryl methyl sites for hydroxylation is 1. The average Bonchev–Trinajstić information content (AvgIpc) is 2.62. The van der Waals surface area contributed by atoms with Crippen molar-refractivity contribution < 1.29 is 13.2 Å². The highest BCUT2D eigenvalue weighted by molar-refractivity contribution is 7.89. The zero-order chi connectivity index (χ0) is 18.7. The summed E-state index contributed by atoms with van der Waals surface area (Å²) in [6.07, 6.45) is 2.77. The number of nitrogens with one attached hydrogen (secondary N) is 1. The first kappa shape index (κ1) is 18.8. The van der Waals surface area contributed by atoms with E-state index in [1.807, 2.05) is 6.92 Å². The van der Waals surface area contributed by atoms with Crippen LogP contribution >= 0.6 is 11.6 Å². The van der Waals surface area contributed by atoms with Crippen LogP contribution in [0.15, 0.2) is 47.5 Å². The van der Waals surface area contributed by atoms with Gasteiger partial charge in [-0.1, -0.05) is 29.3 Å². The predicted octanol–water partition coefficient (Wildman–Crippen LogP) is 3.08. The molecule has 0 aliphatic carbocycles. The third kappa shape index (κ3) is 4.23. The van der Waals surface area contributed by atoms with Crippen molar-refractivity contribution in [2.24, 2.45) is 5.92 Å². The molecule has 1 atom stereocenters. The zero-order valence-electron chi connectivity index (χ0n) is 14.4. The van der Waals surface area contributed by atoms with E-state index in [4.69, 9.17) is 11.6 Å². The van der Waals surface area contributed by atoms with Crippen LogP contribution in [0.3, 0.4) is 0 Å². The molecule has 1 aromatic heterocycles. The van der Waals surface area contributed by atoms with Crippen LogP contribution < -0.4 is 5.32 Å². The van der Waals surface area contributed by atoms with Crippen LogP contribution in [-0.4, -0.2) is 36.7 Å². The molecule has 6 nitrogen and oxygen atoms in total. The number of halogens is 1. The highest BCUT2D eigenvalue weighted by Gasteiger charge is 2.33. The van der Waals surface area contributed by atoms with Crippen LogP contribution in [0.5, 0.6) is 0 Å². The number of hydrogen-bond donors (Lipinski definition) is 1. The molecule has 1 amide bonds. The van der Waals surface area contributed by atoms with Gasteiger partial charge in [-0.05, 0) is 44.0 Å². The molecule has 26 heavy (non-hydrogen) atoms. The van der Waals surface area contributed by atoms with Gasteiger partial charge in [-0.3, -0.25) is 4.79 Å². The Morgan fingerprint density at radius 2 is 2.00 bits per heavy atom. The lowest BCUT2D eigenvalue weighted by Gasteiger charge is -2.31. The van der Waals surface area contributed by atoms with Crippen LogP contribution in [0.4, 0.5) is 5.82 Å². The van der Waals surface area contributed by atoms with E-state index in [9.17, 15) is 13.2 Å². The van der Waals surface area contributed by atoms with Crippen LogP contribution in [0.2, 0.25) is 5.02 Å². The summed E-state index contributed by atoms with van der Waals surface area (Å²) in [5.74, 6) is -0.311. The molecule has 0 unspecified atom stereocenters. The lowest BCUT2D eigenvalue weighted by atomic mass is 9.99. The van der Waals surface area contributed by atoms with Crippen LogP contribution in [0.25, 0.3) is 0 Å². The third-order valence-electron chi connectivity index (χ3n) is 4.39. The van der Waals surface area contributed by atoms with Crippen molar-refractivity contribution in [1.29, 1.82) is 0 Å². The van der Waals surface area contributed by atoms with Gasteiger partial charge in [0.1, 0.15) is 5.82 Å². The standard InChI is InChI=1S/C18H20ClN3O3S/c1-13-4-6-16(7-5-13)26(24,25)22-10-2-3-14(12-22)18(23)21-17-11-15(19)8-9-20-17/h4-9,11,14H,2-3,10,12H2,1H3,(H,20,21,23)/t14-/m1/s1. The summed E-state index contributed by atoms with van der Waals surface area (Å²) in [6, 6.07) is 9.92. The maximum absolute atomic E-state index is 12.8. The zero-order valence-corrected chi connectivity index (χ0v) is 15.9. The molecular formula is C18H20ClN3O3S. The van der Waals surface area contributed by atoms with Crippen molar-refractivity contribution in [3.8, 4) is 0 Å². The number of pyridine rings is 1. The molecule has 0 bridgehead atoms. The van der Waals surface area contributed by atoms with E-state index in [1.165, 1.54) is 10.5 Å². The number of aromatic nitrogens is 1. The molecule has 138 valence electrons. The molecule has 1 aliphatic heterocycles. The lowest BCUT2D eigenvalue weighted by Crippen LogP contribution is -2.43. The van der Waals surface area contributed by atoms with Crippen molar-refractivity contribution >= 4 is 33.3 Å². The monoisotopic (exact) mass is 393 g/mol. The molecule has 1 saturated heterocycles. The molecule has 8 heteroatoms. The predicted molar refractivity (Wildman–Crippen MR) is 101 cm³/mol. The van der Waals surface area contributed by atoms with E-state index in [1.54, 1.807) is 36.4 Å². The summed E-state index contributed by atoms with van der Waals surface area (Å²) in [6.45, 7) is 2.47. The molecule has 1 N–H and O–H groups in total. The summed E-state index contributed by atoms with van der Waals surface area (Å²) in [7, 11) is -3.61. The van der Waals surface area contributed by atoms with Crippen molar-refractivity contribution in [2.45, 2.75) is 24.7 Å². The smallest absolute Gasteiger partial charge is 0.243 e. The number of piperidine rings is 1. The number of amides is 1. The summed E-state index contributed by atoms with van der Waals surface area (Å²) in [4.78, 5) is 16.8. The SMILES string of the molecule is Cc1ccc(S(=O)(=O)N2CCC[C@@H](C(=O)Nc3cc(Cl)ccn3)C2)cc1. The van der Waals surface area contributed by atoms with Crippen molar-refractivity contribution in [3.63, 3.8) is 0 Å².